The zero-order valence-electron chi connectivity index (χ0n) is 13.8. The molecule has 1 aromatic carbocycles. The van der Waals surface area contributed by atoms with E-state index in [9.17, 15) is 10.1 Å². The van der Waals surface area contributed by atoms with Crippen LogP contribution in [0.1, 0.15) is 37.4 Å². The first kappa shape index (κ1) is 19.6. The standard InChI is InChI=1S/C18H17Cl2N3OS/c1-11(2)14-7-6-12(10-21)18(23-14)25-9-8-16(24)22-15-5-3-4-13(19)17(15)20/h3-7,11H,8-9H2,1-2H3,(H,22,24). The topological polar surface area (TPSA) is 65.8 Å². The Balaban J connectivity index is 1.96. The third-order valence-corrected chi connectivity index (χ3v) is 5.20. The summed E-state index contributed by atoms with van der Waals surface area (Å²) in [6, 6.07) is 10.8. The number of pyridine rings is 1. The van der Waals surface area contributed by atoms with Gasteiger partial charge in [-0.25, -0.2) is 4.98 Å². The molecule has 1 N–H and O–H groups in total. The Morgan fingerprint density at radius 3 is 2.76 bits per heavy atom. The number of hydrogen-bond acceptors (Lipinski definition) is 4. The summed E-state index contributed by atoms with van der Waals surface area (Å²) in [5.74, 6) is 0.614. The molecule has 1 amide bonds. The number of benzene rings is 1. The van der Waals surface area contributed by atoms with Crippen molar-refractivity contribution in [3.05, 3.63) is 51.6 Å². The van der Waals surface area contributed by atoms with Crippen molar-refractivity contribution in [1.82, 2.24) is 4.98 Å². The number of thioether (sulfide) groups is 1. The maximum absolute atomic E-state index is 12.1. The number of aromatic nitrogens is 1. The Bertz CT molecular complexity index is 818. The zero-order chi connectivity index (χ0) is 18.4. The first-order valence-corrected chi connectivity index (χ1v) is 9.44. The van der Waals surface area contributed by atoms with E-state index in [-0.39, 0.29) is 18.2 Å². The number of hydrogen-bond donors (Lipinski definition) is 1. The molecule has 0 radical (unpaired) electrons. The molecule has 0 unspecified atom stereocenters. The monoisotopic (exact) mass is 393 g/mol. The molecule has 1 aromatic heterocycles. The molecule has 2 aromatic rings. The van der Waals surface area contributed by atoms with Gasteiger partial charge in [0.25, 0.3) is 0 Å². The molecule has 0 aliphatic carbocycles. The van der Waals surface area contributed by atoms with Crippen LogP contribution in [-0.2, 0) is 4.79 Å². The van der Waals surface area contributed by atoms with Crippen molar-refractivity contribution in [3.8, 4) is 6.07 Å². The molecule has 0 aliphatic rings. The predicted octanol–water partition coefficient (Wildman–Crippen LogP) is 5.50. The summed E-state index contributed by atoms with van der Waals surface area (Å²) in [5, 5.41) is 13.3. The van der Waals surface area contributed by atoms with E-state index in [1.807, 2.05) is 19.9 Å². The predicted molar refractivity (Wildman–Crippen MR) is 103 cm³/mol. The summed E-state index contributed by atoms with van der Waals surface area (Å²) in [5.41, 5.74) is 1.94. The maximum atomic E-state index is 12.1. The number of nitrogens with one attached hydrogen (secondary N) is 1. The van der Waals surface area contributed by atoms with Crippen molar-refractivity contribution < 1.29 is 4.79 Å². The van der Waals surface area contributed by atoms with E-state index >= 15 is 0 Å². The minimum absolute atomic E-state index is 0.171. The van der Waals surface area contributed by atoms with Gasteiger partial charge in [0.2, 0.25) is 5.91 Å². The largest absolute Gasteiger partial charge is 0.325 e. The number of rotatable bonds is 6. The van der Waals surface area contributed by atoms with E-state index in [1.54, 1.807) is 24.3 Å². The van der Waals surface area contributed by atoms with Gasteiger partial charge in [0.1, 0.15) is 11.1 Å². The molecule has 0 fully saturated rings. The van der Waals surface area contributed by atoms with Crippen molar-refractivity contribution in [3.63, 3.8) is 0 Å². The summed E-state index contributed by atoms with van der Waals surface area (Å²) in [4.78, 5) is 16.6. The fraction of sp³-hybridized carbons (Fsp3) is 0.278. The molecule has 130 valence electrons. The number of amides is 1. The van der Waals surface area contributed by atoms with Crippen LogP contribution in [0, 0.1) is 11.3 Å². The molecule has 1 heterocycles. The van der Waals surface area contributed by atoms with Gasteiger partial charge in [0, 0.05) is 17.9 Å². The van der Waals surface area contributed by atoms with Gasteiger partial charge in [0.15, 0.2) is 0 Å². The molecule has 4 nitrogen and oxygen atoms in total. The second-order valence-electron chi connectivity index (χ2n) is 5.60. The van der Waals surface area contributed by atoms with E-state index in [2.05, 4.69) is 16.4 Å². The van der Waals surface area contributed by atoms with Crippen LogP contribution in [0.2, 0.25) is 10.0 Å². The number of carbonyl (C=O) groups is 1. The Morgan fingerprint density at radius 2 is 2.08 bits per heavy atom. The highest BCUT2D eigenvalue weighted by atomic mass is 35.5. The summed E-state index contributed by atoms with van der Waals surface area (Å²) < 4.78 is 0. The molecule has 0 saturated carbocycles. The van der Waals surface area contributed by atoms with E-state index in [1.165, 1.54) is 11.8 Å². The van der Waals surface area contributed by atoms with Crippen molar-refractivity contribution in [2.24, 2.45) is 0 Å². The average Bonchev–Trinajstić information content (AvgIpc) is 2.58. The van der Waals surface area contributed by atoms with Crippen LogP contribution in [0.15, 0.2) is 35.4 Å². The van der Waals surface area contributed by atoms with Crippen molar-refractivity contribution in [2.45, 2.75) is 31.2 Å². The van der Waals surface area contributed by atoms with Gasteiger partial charge in [-0.3, -0.25) is 4.79 Å². The van der Waals surface area contributed by atoms with Crippen LogP contribution in [0.3, 0.4) is 0 Å². The minimum Gasteiger partial charge on any atom is -0.325 e. The van der Waals surface area contributed by atoms with E-state index in [4.69, 9.17) is 23.2 Å². The van der Waals surface area contributed by atoms with Crippen LogP contribution in [0.4, 0.5) is 5.69 Å². The summed E-state index contributed by atoms with van der Waals surface area (Å²) in [7, 11) is 0. The number of anilines is 1. The molecule has 0 bridgehead atoms. The molecule has 7 heteroatoms. The van der Waals surface area contributed by atoms with Crippen LogP contribution < -0.4 is 5.32 Å². The van der Waals surface area contributed by atoms with Gasteiger partial charge >= 0.3 is 0 Å². The van der Waals surface area contributed by atoms with Gasteiger partial charge in [-0.05, 0) is 30.2 Å². The molecule has 2 rings (SSSR count). The molecule has 0 spiro atoms. The quantitative estimate of drug-likeness (QED) is 0.657. The zero-order valence-corrected chi connectivity index (χ0v) is 16.2. The Morgan fingerprint density at radius 1 is 1.32 bits per heavy atom. The highest BCUT2D eigenvalue weighted by Gasteiger charge is 2.11. The molecular formula is C18H17Cl2N3OS. The molecule has 0 atom stereocenters. The molecular weight excluding hydrogens is 377 g/mol. The van der Waals surface area contributed by atoms with E-state index in [0.29, 0.717) is 32.1 Å². The van der Waals surface area contributed by atoms with Crippen molar-refractivity contribution >= 4 is 46.6 Å². The average molecular weight is 394 g/mol. The number of halogens is 2. The second kappa shape index (κ2) is 9.10. The first-order chi connectivity index (χ1) is 11.9. The third-order valence-electron chi connectivity index (χ3n) is 3.39. The van der Waals surface area contributed by atoms with Gasteiger partial charge in [0.05, 0.1) is 21.3 Å². The Hall–Kier alpha value is -1.74. The lowest BCUT2D eigenvalue weighted by Crippen LogP contribution is -2.12. The SMILES string of the molecule is CC(C)c1ccc(C#N)c(SCCC(=O)Nc2cccc(Cl)c2Cl)n1. The molecule has 0 aliphatic heterocycles. The number of nitriles is 1. The maximum Gasteiger partial charge on any atom is 0.225 e. The molecule has 0 saturated heterocycles. The van der Waals surface area contributed by atoms with Crippen LogP contribution in [-0.4, -0.2) is 16.6 Å². The Labute approximate surface area is 161 Å². The lowest BCUT2D eigenvalue weighted by Gasteiger charge is -2.10. The van der Waals surface area contributed by atoms with Gasteiger partial charge in [-0.2, -0.15) is 5.26 Å². The summed E-state index contributed by atoms with van der Waals surface area (Å²) in [6.45, 7) is 4.09. The van der Waals surface area contributed by atoms with Crippen LogP contribution >= 0.6 is 35.0 Å². The van der Waals surface area contributed by atoms with Crippen molar-refractivity contribution in [1.29, 1.82) is 5.26 Å². The van der Waals surface area contributed by atoms with E-state index < -0.39 is 0 Å². The second-order valence-corrected chi connectivity index (χ2v) is 7.47. The lowest BCUT2D eigenvalue weighted by atomic mass is 10.1. The minimum atomic E-state index is -0.171. The Kier molecular flexibility index (Phi) is 7.12. The van der Waals surface area contributed by atoms with Crippen molar-refractivity contribution in [2.75, 3.05) is 11.1 Å². The fourth-order valence-electron chi connectivity index (χ4n) is 2.02. The third kappa shape index (κ3) is 5.37. The summed E-state index contributed by atoms with van der Waals surface area (Å²) >= 11 is 13.4. The summed E-state index contributed by atoms with van der Waals surface area (Å²) in [6.07, 6.45) is 0.270. The highest BCUT2D eigenvalue weighted by molar-refractivity contribution is 7.99. The van der Waals surface area contributed by atoms with Gasteiger partial charge < -0.3 is 5.32 Å². The number of nitrogens with zero attached hydrogens (tertiary/aromatic N) is 2. The van der Waals surface area contributed by atoms with Gasteiger partial charge in [-0.1, -0.05) is 43.1 Å². The molecule has 25 heavy (non-hydrogen) atoms. The van der Waals surface area contributed by atoms with Gasteiger partial charge in [-0.15, -0.1) is 11.8 Å². The lowest BCUT2D eigenvalue weighted by molar-refractivity contribution is -0.115. The smallest absolute Gasteiger partial charge is 0.225 e. The van der Waals surface area contributed by atoms with Crippen LogP contribution in [0.25, 0.3) is 0 Å². The van der Waals surface area contributed by atoms with E-state index in [0.717, 1.165) is 5.69 Å². The first-order valence-electron chi connectivity index (χ1n) is 7.70. The number of carbonyl (C=O) groups excluding carboxylic acids is 1. The van der Waals surface area contributed by atoms with Crippen LogP contribution in [0.5, 0.6) is 0 Å². The highest BCUT2D eigenvalue weighted by Crippen LogP contribution is 2.30. The fourth-order valence-corrected chi connectivity index (χ4v) is 3.29. The normalized spacial score (nSPS) is 10.6.